The lowest BCUT2D eigenvalue weighted by Crippen LogP contribution is -2.52. The molecule has 2 saturated heterocycles. The highest BCUT2D eigenvalue weighted by Gasteiger charge is 2.30. The second-order valence-electron chi connectivity index (χ2n) is 7.70. The first kappa shape index (κ1) is 18.4. The first-order chi connectivity index (χ1) is 12.0. The van der Waals surface area contributed by atoms with Gasteiger partial charge >= 0.3 is 0 Å². The van der Waals surface area contributed by atoms with E-state index in [1.165, 1.54) is 5.56 Å². The number of likely N-dealkylation sites (N-methyl/N-ethyl adjacent to an activating group) is 2. The molecule has 1 aromatic carbocycles. The standard InChI is InChI=1S/C20H32N4O/c1-21-11-9-18(10-12-21)23(3)16-20(25)24-14-13-22(2)19(15-24)17-7-5-4-6-8-17/h4-8,18-19H,9-16H2,1-3H3/t19-/m0/s1. The van der Waals surface area contributed by atoms with E-state index in [0.717, 1.165) is 45.6 Å². The van der Waals surface area contributed by atoms with Gasteiger partial charge in [0.15, 0.2) is 0 Å². The molecule has 1 amide bonds. The quantitative estimate of drug-likeness (QED) is 0.829. The van der Waals surface area contributed by atoms with Crippen molar-refractivity contribution in [1.29, 1.82) is 0 Å². The summed E-state index contributed by atoms with van der Waals surface area (Å²) in [4.78, 5) is 21.9. The smallest absolute Gasteiger partial charge is 0.236 e. The summed E-state index contributed by atoms with van der Waals surface area (Å²) in [5, 5.41) is 0. The Kier molecular flexibility index (Phi) is 6.10. The molecule has 0 saturated carbocycles. The summed E-state index contributed by atoms with van der Waals surface area (Å²) < 4.78 is 0. The molecular formula is C20H32N4O. The highest BCUT2D eigenvalue weighted by molar-refractivity contribution is 5.78. The van der Waals surface area contributed by atoms with Crippen molar-refractivity contribution in [2.45, 2.75) is 24.9 Å². The van der Waals surface area contributed by atoms with Gasteiger partial charge in [0.25, 0.3) is 0 Å². The molecule has 5 heteroatoms. The molecule has 3 rings (SSSR count). The summed E-state index contributed by atoms with van der Waals surface area (Å²) in [6, 6.07) is 11.4. The van der Waals surface area contributed by atoms with Gasteiger partial charge < -0.3 is 9.80 Å². The second-order valence-corrected chi connectivity index (χ2v) is 7.70. The van der Waals surface area contributed by atoms with E-state index in [1.54, 1.807) is 0 Å². The number of hydrogen-bond donors (Lipinski definition) is 0. The van der Waals surface area contributed by atoms with Gasteiger partial charge in [-0.05, 0) is 52.6 Å². The van der Waals surface area contributed by atoms with Crippen molar-refractivity contribution in [2.24, 2.45) is 0 Å². The van der Waals surface area contributed by atoms with Gasteiger partial charge in [0.1, 0.15) is 0 Å². The number of benzene rings is 1. The molecule has 5 nitrogen and oxygen atoms in total. The van der Waals surface area contributed by atoms with Crippen LogP contribution in [0.2, 0.25) is 0 Å². The average Bonchev–Trinajstić information content (AvgIpc) is 2.63. The molecule has 138 valence electrons. The van der Waals surface area contributed by atoms with Crippen molar-refractivity contribution in [1.82, 2.24) is 19.6 Å². The number of piperazine rings is 1. The van der Waals surface area contributed by atoms with Crippen LogP contribution in [0.3, 0.4) is 0 Å². The zero-order valence-electron chi connectivity index (χ0n) is 15.9. The van der Waals surface area contributed by atoms with E-state index in [0.29, 0.717) is 18.6 Å². The van der Waals surface area contributed by atoms with Gasteiger partial charge in [-0.15, -0.1) is 0 Å². The molecule has 0 N–H and O–H groups in total. The van der Waals surface area contributed by atoms with Gasteiger partial charge in [0.2, 0.25) is 5.91 Å². The van der Waals surface area contributed by atoms with E-state index >= 15 is 0 Å². The molecule has 0 spiro atoms. The van der Waals surface area contributed by atoms with Crippen molar-refractivity contribution in [3.8, 4) is 0 Å². The molecule has 0 aromatic heterocycles. The predicted octanol–water partition coefficient (Wildman–Crippen LogP) is 1.53. The van der Waals surface area contributed by atoms with E-state index in [1.807, 2.05) is 6.07 Å². The van der Waals surface area contributed by atoms with Crippen LogP contribution < -0.4 is 0 Å². The molecular weight excluding hydrogens is 312 g/mol. The fourth-order valence-corrected chi connectivity index (χ4v) is 4.01. The van der Waals surface area contributed by atoms with Crippen LogP contribution in [0, 0.1) is 0 Å². The number of piperidine rings is 1. The lowest BCUT2D eigenvalue weighted by Gasteiger charge is -2.41. The van der Waals surface area contributed by atoms with Crippen LogP contribution in [-0.4, -0.2) is 92.0 Å². The first-order valence-electron chi connectivity index (χ1n) is 9.46. The molecule has 25 heavy (non-hydrogen) atoms. The highest BCUT2D eigenvalue weighted by Crippen LogP contribution is 2.24. The third kappa shape index (κ3) is 4.60. The van der Waals surface area contributed by atoms with Gasteiger partial charge in [-0.3, -0.25) is 14.6 Å². The van der Waals surface area contributed by atoms with Crippen LogP contribution >= 0.6 is 0 Å². The molecule has 0 aliphatic carbocycles. The molecule has 2 aliphatic rings. The van der Waals surface area contributed by atoms with E-state index in [4.69, 9.17) is 0 Å². The fraction of sp³-hybridized carbons (Fsp3) is 0.650. The van der Waals surface area contributed by atoms with Crippen LogP contribution in [0.4, 0.5) is 0 Å². The lowest BCUT2D eigenvalue weighted by molar-refractivity contribution is -0.135. The summed E-state index contributed by atoms with van der Waals surface area (Å²) in [5.74, 6) is 0.274. The third-order valence-corrected chi connectivity index (χ3v) is 5.88. The Morgan fingerprint density at radius 3 is 2.44 bits per heavy atom. The maximum atomic E-state index is 12.9. The maximum Gasteiger partial charge on any atom is 0.236 e. The topological polar surface area (TPSA) is 30.0 Å². The van der Waals surface area contributed by atoms with Gasteiger partial charge in [-0.1, -0.05) is 30.3 Å². The van der Waals surface area contributed by atoms with E-state index < -0.39 is 0 Å². The Balaban J connectivity index is 1.56. The number of nitrogens with zero attached hydrogens (tertiary/aromatic N) is 4. The summed E-state index contributed by atoms with van der Waals surface area (Å²) in [6.07, 6.45) is 2.32. The Hall–Kier alpha value is -1.43. The van der Waals surface area contributed by atoms with E-state index in [-0.39, 0.29) is 5.91 Å². The van der Waals surface area contributed by atoms with Gasteiger partial charge in [-0.2, -0.15) is 0 Å². The van der Waals surface area contributed by atoms with Crippen molar-refractivity contribution in [3.63, 3.8) is 0 Å². The second kappa shape index (κ2) is 8.30. The largest absolute Gasteiger partial charge is 0.338 e. The van der Waals surface area contributed by atoms with Crippen LogP contribution in [0.15, 0.2) is 30.3 Å². The summed E-state index contributed by atoms with van der Waals surface area (Å²) >= 11 is 0. The third-order valence-electron chi connectivity index (χ3n) is 5.88. The molecule has 2 aliphatic heterocycles. The number of rotatable bonds is 4. The van der Waals surface area contributed by atoms with Crippen molar-refractivity contribution in [2.75, 3.05) is 60.4 Å². The number of amides is 1. The normalized spacial score (nSPS) is 24.0. The number of likely N-dealkylation sites (tertiary alicyclic amines) is 1. The lowest BCUT2D eigenvalue weighted by atomic mass is 10.0. The van der Waals surface area contributed by atoms with E-state index in [9.17, 15) is 4.79 Å². The summed E-state index contributed by atoms with van der Waals surface area (Å²) in [6.45, 7) is 5.37. The Bertz CT molecular complexity index is 556. The first-order valence-corrected chi connectivity index (χ1v) is 9.46. The van der Waals surface area contributed by atoms with Gasteiger partial charge in [0.05, 0.1) is 12.6 Å². The van der Waals surface area contributed by atoms with Gasteiger partial charge in [-0.25, -0.2) is 0 Å². The molecule has 1 aromatic rings. The molecule has 2 heterocycles. The monoisotopic (exact) mass is 344 g/mol. The van der Waals surface area contributed by atoms with Crippen LogP contribution in [-0.2, 0) is 4.79 Å². The van der Waals surface area contributed by atoms with E-state index in [2.05, 4.69) is 65.0 Å². The summed E-state index contributed by atoms with van der Waals surface area (Å²) in [7, 11) is 6.44. The molecule has 0 unspecified atom stereocenters. The van der Waals surface area contributed by atoms with Crippen LogP contribution in [0.25, 0.3) is 0 Å². The minimum absolute atomic E-state index is 0.274. The molecule has 0 bridgehead atoms. The molecule has 0 radical (unpaired) electrons. The molecule has 2 fully saturated rings. The van der Waals surface area contributed by atoms with Crippen molar-refractivity contribution >= 4 is 5.91 Å². The van der Waals surface area contributed by atoms with Crippen LogP contribution in [0.1, 0.15) is 24.4 Å². The van der Waals surface area contributed by atoms with Crippen LogP contribution in [0.5, 0.6) is 0 Å². The highest BCUT2D eigenvalue weighted by atomic mass is 16.2. The Morgan fingerprint density at radius 1 is 1.08 bits per heavy atom. The zero-order valence-corrected chi connectivity index (χ0v) is 15.9. The Labute approximate surface area is 152 Å². The zero-order chi connectivity index (χ0) is 17.8. The average molecular weight is 345 g/mol. The van der Waals surface area contributed by atoms with Crippen molar-refractivity contribution < 1.29 is 4.79 Å². The predicted molar refractivity (Wildman–Crippen MR) is 102 cm³/mol. The minimum Gasteiger partial charge on any atom is -0.338 e. The van der Waals surface area contributed by atoms with Crippen molar-refractivity contribution in [3.05, 3.63) is 35.9 Å². The maximum absolute atomic E-state index is 12.9. The van der Waals surface area contributed by atoms with Gasteiger partial charge in [0, 0.05) is 25.7 Å². The summed E-state index contributed by atoms with van der Waals surface area (Å²) in [5.41, 5.74) is 1.30. The number of hydrogen-bond acceptors (Lipinski definition) is 4. The number of carbonyl (C=O) groups excluding carboxylic acids is 1. The SMILES string of the molecule is CN1CCC(N(C)CC(=O)N2CCN(C)[C@H](c3ccccc3)C2)CC1. The molecule has 1 atom stereocenters. The minimum atomic E-state index is 0.274. The Morgan fingerprint density at radius 2 is 1.76 bits per heavy atom. The fourth-order valence-electron chi connectivity index (χ4n) is 4.01. The number of carbonyl (C=O) groups is 1.